The van der Waals surface area contributed by atoms with Crippen molar-refractivity contribution in [2.45, 2.75) is 83.7 Å². The summed E-state index contributed by atoms with van der Waals surface area (Å²) in [4.78, 5) is 2.67. The molecule has 0 unspecified atom stereocenters. The third-order valence-corrected chi connectivity index (χ3v) is 10.7. The van der Waals surface area contributed by atoms with Crippen LogP contribution in [0.25, 0.3) is 0 Å². The molecular formula is C22H40N2OSi. The molecule has 148 valence electrons. The summed E-state index contributed by atoms with van der Waals surface area (Å²) >= 11 is 0. The summed E-state index contributed by atoms with van der Waals surface area (Å²) in [5.41, 5.74) is 1.42. The number of unbranched alkanes of at least 4 members (excludes halogenated alkanes) is 1. The second-order valence-electron chi connectivity index (χ2n) is 9.48. The van der Waals surface area contributed by atoms with Gasteiger partial charge in [0.05, 0.1) is 0 Å². The lowest BCUT2D eigenvalue weighted by molar-refractivity contribution is 0.117. The standard InChI is InChI=1S/C22H40N2OSi/c1-19-17-24(18-20-12-8-7-9-13-20)21(16-23-19)14-10-11-15-25-26(5,6)22(2,3)4/h7-9,12-13,19,21,23H,10-11,14-18H2,1-6H3/t19-,21-/m1/s1. The monoisotopic (exact) mass is 376 g/mol. The fourth-order valence-corrected chi connectivity index (χ4v) is 4.44. The lowest BCUT2D eigenvalue weighted by atomic mass is 10.0. The minimum atomic E-state index is -1.59. The summed E-state index contributed by atoms with van der Waals surface area (Å²) in [5, 5.41) is 3.98. The second kappa shape index (κ2) is 9.49. The molecule has 2 atom stereocenters. The molecule has 1 aliphatic rings. The van der Waals surface area contributed by atoms with Crippen molar-refractivity contribution in [1.82, 2.24) is 10.2 Å². The van der Waals surface area contributed by atoms with Crippen LogP contribution in [0.1, 0.15) is 52.5 Å². The Balaban J connectivity index is 1.77. The summed E-state index contributed by atoms with van der Waals surface area (Å²) < 4.78 is 6.33. The van der Waals surface area contributed by atoms with Crippen LogP contribution in [0.2, 0.25) is 18.1 Å². The molecule has 1 aliphatic heterocycles. The van der Waals surface area contributed by atoms with Crippen LogP contribution >= 0.6 is 0 Å². The summed E-state index contributed by atoms with van der Waals surface area (Å²) in [5.74, 6) is 0. The quantitative estimate of drug-likeness (QED) is 0.508. The van der Waals surface area contributed by atoms with E-state index in [0.29, 0.717) is 17.1 Å². The van der Waals surface area contributed by atoms with E-state index < -0.39 is 8.32 Å². The average molecular weight is 377 g/mol. The van der Waals surface area contributed by atoms with Gasteiger partial charge in [0.2, 0.25) is 0 Å². The molecule has 26 heavy (non-hydrogen) atoms. The van der Waals surface area contributed by atoms with Crippen molar-refractivity contribution in [1.29, 1.82) is 0 Å². The van der Waals surface area contributed by atoms with Crippen LogP contribution in [-0.4, -0.2) is 45.0 Å². The van der Waals surface area contributed by atoms with E-state index in [1.807, 2.05) is 0 Å². The molecule has 0 aliphatic carbocycles. The summed E-state index contributed by atoms with van der Waals surface area (Å²) in [6, 6.07) is 12.1. The number of rotatable bonds is 8. The normalized spacial score (nSPS) is 22.5. The Kier molecular flexibility index (Phi) is 7.89. The number of piperazine rings is 1. The number of nitrogens with one attached hydrogen (secondary N) is 1. The molecule has 1 fully saturated rings. The minimum absolute atomic E-state index is 0.308. The van der Waals surface area contributed by atoms with E-state index in [0.717, 1.165) is 26.2 Å². The molecule has 2 rings (SSSR count). The molecule has 3 nitrogen and oxygen atoms in total. The zero-order valence-corrected chi connectivity index (χ0v) is 18.8. The highest BCUT2D eigenvalue weighted by atomic mass is 28.4. The second-order valence-corrected chi connectivity index (χ2v) is 14.3. The fraction of sp³-hybridized carbons (Fsp3) is 0.727. The topological polar surface area (TPSA) is 24.5 Å². The maximum Gasteiger partial charge on any atom is 0.191 e. The van der Waals surface area contributed by atoms with Gasteiger partial charge >= 0.3 is 0 Å². The Morgan fingerprint density at radius 2 is 1.85 bits per heavy atom. The molecule has 1 N–H and O–H groups in total. The summed E-state index contributed by atoms with van der Waals surface area (Å²) in [6.45, 7) is 18.2. The van der Waals surface area contributed by atoms with E-state index in [1.54, 1.807) is 0 Å². The van der Waals surface area contributed by atoms with Gasteiger partial charge in [0.1, 0.15) is 0 Å². The van der Waals surface area contributed by atoms with Gasteiger partial charge in [-0.15, -0.1) is 0 Å². The van der Waals surface area contributed by atoms with Crippen molar-refractivity contribution >= 4 is 8.32 Å². The van der Waals surface area contributed by atoms with E-state index in [1.165, 1.54) is 24.8 Å². The Hall–Kier alpha value is -0.683. The van der Waals surface area contributed by atoms with Gasteiger partial charge in [-0.2, -0.15) is 0 Å². The first kappa shape index (κ1) is 21.6. The Morgan fingerprint density at radius 1 is 1.15 bits per heavy atom. The zero-order chi connectivity index (χ0) is 19.2. The van der Waals surface area contributed by atoms with Gasteiger partial charge in [-0.05, 0) is 49.9 Å². The number of hydrogen-bond acceptors (Lipinski definition) is 3. The van der Waals surface area contributed by atoms with E-state index in [2.05, 4.69) is 81.3 Å². The van der Waals surface area contributed by atoms with Crippen LogP contribution in [0.3, 0.4) is 0 Å². The molecule has 0 aromatic heterocycles. The Bertz CT molecular complexity index is 527. The predicted molar refractivity (Wildman–Crippen MR) is 115 cm³/mol. The van der Waals surface area contributed by atoms with Crippen molar-refractivity contribution in [3.63, 3.8) is 0 Å². The van der Waals surface area contributed by atoms with E-state index in [4.69, 9.17) is 4.43 Å². The van der Waals surface area contributed by atoms with Gasteiger partial charge in [-0.25, -0.2) is 0 Å². The first-order valence-corrected chi connectivity index (χ1v) is 13.3. The number of nitrogens with zero attached hydrogens (tertiary/aromatic N) is 1. The molecule has 0 amide bonds. The van der Waals surface area contributed by atoms with Crippen molar-refractivity contribution < 1.29 is 4.43 Å². The average Bonchev–Trinajstić information content (AvgIpc) is 2.56. The number of benzene rings is 1. The van der Waals surface area contributed by atoms with E-state index >= 15 is 0 Å². The molecule has 4 heteroatoms. The van der Waals surface area contributed by atoms with Crippen LogP contribution in [0.5, 0.6) is 0 Å². The van der Waals surface area contributed by atoms with Crippen LogP contribution in [-0.2, 0) is 11.0 Å². The first-order chi connectivity index (χ1) is 12.2. The molecule has 0 radical (unpaired) electrons. The van der Waals surface area contributed by atoms with Gasteiger partial charge in [-0.1, -0.05) is 51.1 Å². The van der Waals surface area contributed by atoms with Gasteiger partial charge in [-0.3, -0.25) is 4.90 Å². The van der Waals surface area contributed by atoms with Gasteiger partial charge in [0.15, 0.2) is 8.32 Å². The molecule has 1 aromatic carbocycles. The molecule has 1 saturated heterocycles. The highest BCUT2D eigenvalue weighted by molar-refractivity contribution is 6.74. The number of hydrogen-bond donors (Lipinski definition) is 1. The van der Waals surface area contributed by atoms with Crippen LogP contribution in [0.4, 0.5) is 0 Å². The summed E-state index contributed by atoms with van der Waals surface area (Å²) in [6.07, 6.45) is 3.69. The Labute approximate surface area is 162 Å². The maximum absolute atomic E-state index is 6.33. The first-order valence-electron chi connectivity index (χ1n) is 10.3. The lowest BCUT2D eigenvalue weighted by Gasteiger charge is -2.40. The molecule has 0 bridgehead atoms. The lowest BCUT2D eigenvalue weighted by Crippen LogP contribution is -2.54. The van der Waals surface area contributed by atoms with Crippen molar-refractivity contribution in [3.8, 4) is 0 Å². The molecule has 0 spiro atoms. The highest BCUT2D eigenvalue weighted by Gasteiger charge is 2.36. The van der Waals surface area contributed by atoms with Gasteiger partial charge < -0.3 is 9.74 Å². The largest absolute Gasteiger partial charge is 0.417 e. The molecular weight excluding hydrogens is 336 g/mol. The third kappa shape index (κ3) is 6.49. The van der Waals surface area contributed by atoms with Crippen molar-refractivity contribution in [3.05, 3.63) is 35.9 Å². The van der Waals surface area contributed by atoms with Crippen LogP contribution in [0.15, 0.2) is 30.3 Å². The van der Waals surface area contributed by atoms with E-state index in [-0.39, 0.29) is 0 Å². The minimum Gasteiger partial charge on any atom is -0.417 e. The van der Waals surface area contributed by atoms with Crippen molar-refractivity contribution in [2.75, 3.05) is 19.7 Å². The molecule has 1 aromatic rings. The fourth-order valence-electron chi connectivity index (χ4n) is 3.35. The van der Waals surface area contributed by atoms with Crippen LogP contribution in [0, 0.1) is 0 Å². The molecule has 1 heterocycles. The SMILES string of the molecule is C[C@@H]1CN(Cc2ccccc2)[C@H](CCCCO[Si](C)(C)C(C)(C)C)CN1. The molecule has 0 saturated carbocycles. The maximum atomic E-state index is 6.33. The predicted octanol–water partition coefficient (Wildman–Crippen LogP) is 5.04. The van der Waals surface area contributed by atoms with E-state index in [9.17, 15) is 0 Å². The Morgan fingerprint density at radius 3 is 2.50 bits per heavy atom. The van der Waals surface area contributed by atoms with Crippen molar-refractivity contribution in [2.24, 2.45) is 0 Å². The van der Waals surface area contributed by atoms with Gasteiger partial charge in [0.25, 0.3) is 0 Å². The zero-order valence-electron chi connectivity index (χ0n) is 17.8. The highest BCUT2D eigenvalue weighted by Crippen LogP contribution is 2.36. The van der Waals surface area contributed by atoms with Gasteiger partial charge in [0, 0.05) is 38.3 Å². The summed E-state index contributed by atoms with van der Waals surface area (Å²) in [7, 11) is -1.59. The van der Waals surface area contributed by atoms with Crippen LogP contribution < -0.4 is 5.32 Å². The third-order valence-electron chi connectivity index (χ3n) is 6.16. The smallest absolute Gasteiger partial charge is 0.191 e.